The summed E-state index contributed by atoms with van der Waals surface area (Å²) >= 11 is 1.82. The minimum Gasteiger partial charge on any atom is -0.357 e. The normalized spacial score (nSPS) is 16.6. The second-order valence-electron chi connectivity index (χ2n) is 5.85. The van der Waals surface area contributed by atoms with Gasteiger partial charge in [0.25, 0.3) is 0 Å². The van der Waals surface area contributed by atoms with Crippen LogP contribution in [0.5, 0.6) is 0 Å². The predicted molar refractivity (Wildman–Crippen MR) is 97.4 cm³/mol. The average molecular weight is 319 g/mol. The number of Topliss-reactive ketones (excluding diaryl/α,β-unsaturated/α-hetero) is 1. The van der Waals surface area contributed by atoms with Gasteiger partial charge >= 0.3 is 0 Å². The van der Waals surface area contributed by atoms with E-state index in [2.05, 4.69) is 48.3 Å². The summed E-state index contributed by atoms with van der Waals surface area (Å²) in [6.45, 7) is 1.65. The van der Waals surface area contributed by atoms with E-state index in [0.717, 1.165) is 16.5 Å². The Morgan fingerprint density at radius 2 is 1.74 bits per heavy atom. The third-order valence-corrected chi connectivity index (χ3v) is 5.81. The Labute approximate surface area is 140 Å². The van der Waals surface area contributed by atoms with Crippen LogP contribution >= 0.6 is 11.8 Å². The minimum absolute atomic E-state index is 0.121. The Bertz CT molecular complexity index is 918. The first-order valence-electron chi connectivity index (χ1n) is 7.68. The van der Waals surface area contributed by atoms with Crippen LogP contribution in [0.2, 0.25) is 0 Å². The summed E-state index contributed by atoms with van der Waals surface area (Å²) in [5, 5.41) is 2.47. The Morgan fingerprint density at radius 3 is 2.52 bits per heavy atom. The number of hydrogen-bond acceptors (Lipinski definition) is 3. The molecule has 1 aliphatic rings. The van der Waals surface area contributed by atoms with Gasteiger partial charge in [0.2, 0.25) is 0 Å². The maximum atomic E-state index is 12.2. The number of thioether (sulfide) groups is 1. The first-order chi connectivity index (χ1) is 11.2. The first-order valence-corrected chi connectivity index (χ1v) is 8.56. The molecule has 0 spiro atoms. The quantitative estimate of drug-likeness (QED) is 0.599. The van der Waals surface area contributed by atoms with Gasteiger partial charge in [-0.1, -0.05) is 60.3 Å². The van der Waals surface area contributed by atoms with E-state index in [9.17, 15) is 4.79 Å². The number of nitrogens with zero attached hydrogens (tertiary/aromatic N) is 1. The molecule has 4 rings (SSSR count). The molecular formula is C20H17NOS. The number of fused-ring (bicyclic) bond motifs is 2. The van der Waals surface area contributed by atoms with Gasteiger partial charge in [-0.05, 0) is 29.8 Å². The molecule has 2 nitrogen and oxygen atoms in total. The Kier molecular flexibility index (Phi) is 3.38. The molecule has 3 aromatic carbocycles. The van der Waals surface area contributed by atoms with E-state index in [1.807, 2.05) is 36.0 Å². The lowest BCUT2D eigenvalue weighted by molar-refractivity contribution is 0.101. The van der Waals surface area contributed by atoms with Crippen LogP contribution in [0.3, 0.4) is 0 Å². The Morgan fingerprint density at radius 1 is 1.00 bits per heavy atom. The van der Waals surface area contributed by atoms with Gasteiger partial charge in [-0.25, -0.2) is 0 Å². The number of ketones is 1. The van der Waals surface area contributed by atoms with Crippen molar-refractivity contribution in [1.29, 1.82) is 0 Å². The van der Waals surface area contributed by atoms with Crippen molar-refractivity contribution in [2.75, 3.05) is 11.9 Å². The Balaban J connectivity index is 1.95. The molecule has 0 amide bonds. The molecular weight excluding hydrogens is 302 g/mol. The molecule has 0 aromatic heterocycles. The number of benzene rings is 3. The third kappa shape index (κ3) is 2.23. The second-order valence-corrected chi connectivity index (χ2v) is 6.98. The fourth-order valence-corrected chi connectivity index (χ4v) is 4.67. The molecule has 1 unspecified atom stereocenters. The number of hydrogen-bond donors (Lipinski definition) is 0. The lowest BCUT2D eigenvalue weighted by Gasteiger charge is -2.25. The molecule has 23 heavy (non-hydrogen) atoms. The number of carbonyl (C=O) groups excluding carboxylic acids is 1. The van der Waals surface area contributed by atoms with Crippen molar-refractivity contribution in [3.63, 3.8) is 0 Å². The van der Waals surface area contributed by atoms with Crippen LogP contribution in [0.25, 0.3) is 10.8 Å². The first kappa shape index (κ1) is 14.3. The highest BCUT2D eigenvalue weighted by atomic mass is 32.2. The smallest absolute Gasteiger partial charge is 0.160 e. The number of para-hydroxylation sites is 1. The summed E-state index contributed by atoms with van der Waals surface area (Å²) < 4.78 is 0. The van der Waals surface area contributed by atoms with E-state index in [1.54, 1.807) is 6.92 Å². The van der Waals surface area contributed by atoms with E-state index in [0.29, 0.717) is 0 Å². The van der Waals surface area contributed by atoms with Crippen LogP contribution in [0, 0.1) is 0 Å². The van der Waals surface area contributed by atoms with E-state index >= 15 is 0 Å². The highest BCUT2D eigenvalue weighted by Gasteiger charge is 2.31. The van der Waals surface area contributed by atoms with Gasteiger partial charge < -0.3 is 4.90 Å². The second kappa shape index (κ2) is 5.43. The fraction of sp³-hybridized carbons (Fsp3) is 0.150. The molecule has 1 aliphatic heterocycles. The van der Waals surface area contributed by atoms with Crippen molar-refractivity contribution >= 4 is 34.0 Å². The molecule has 0 fully saturated rings. The zero-order valence-electron chi connectivity index (χ0n) is 13.1. The van der Waals surface area contributed by atoms with Gasteiger partial charge in [-0.3, -0.25) is 4.79 Å². The molecule has 0 radical (unpaired) electrons. The summed E-state index contributed by atoms with van der Waals surface area (Å²) in [6, 6.07) is 20.7. The summed E-state index contributed by atoms with van der Waals surface area (Å²) in [5.74, 6) is 0.121. The molecule has 1 heterocycles. The van der Waals surface area contributed by atoms with Crippen LogP contribution in [0.4, 0.5) is 5.69 Å². The highest BCUT2D eigenvalue weighted by Crippen LogP contribution is 2.52. The topological polar surface area (TPSA) is 20.3 Å². The van der Waals surface area contributed by atoms with Crippen LogP contribution in [0.15, 0.2) is 65.6 Å². The summed E-state index contributed by atoms with van der Waals surface area (Å²) in [6.07, 6.45) is 0. The highest BCUT2D eigenvalue weighted by molar-refractivity contribution is 8.00. The van der Waals surface area contributed by atoms with Gasteiger partial charge in [0.05, 0.1) is 5.69 Å². The molecule has 0 N–H and O–H groups in total. The van der Waals surface area contributed by atoms with Crippen LogP contribution in [-0.2, 0) is 0 Å². The van der Waals surface area contributed by atoms with Crippen molar-refractivity contribution in [2.45, 2.75) is 17.2 Å². The van der Waals surface area contributed by atoms with Gasteiger partial charge in [0, 0.05) is 23.1 Å². The minimum atomic E-state index is 0.121. The van der Waals surface area contributed by atoms with Crippen molar-refractivity contribution in [3.8, 4) is 0 Å². The van der Waals surface area contributed by atoms with Crippen molar-refractivity contribution in [2.24, 2.45) is 0 Å². The van der Waals surface area contributed by atoms with E-state index < -0.39 is 0 Å². The molecule has 1 atom stereocenters. The number of carbonyl (C=O) groups is 1. The molecule has 3 heteroatoms. The summed E-state index contributed by atoms with van der Waals surface area (Å²) in [5.41, 5.74) is 3.17. The maximum Gasteiger partial charge on any atom is 0.160 e. The van der Waals surface area contributed by atoms with Crippen molar-refractivity contribution in [3.05, 3.63) is 71.8 Å². The van der Waals surface area contributed by atoms with Crippen LogP contribution < -0.4 is 4.90 Å². The molecule has 0 bridgehead atoms. The summed E-state index contributed by atoms with van der Waals surface area (Å²) in [4.78, 5) is 15.8. The molecule has 3 aromatic rings. The molecule has 0 saturated carbocycles. The molecule has 0 saturated heterocycles. The third-order valence-electron chi connectivity index (χ3n) is 4.43. The SMILES string of the molecule is CC(=O)c1ccc2ccccc2c1C1Sc2ccccc2N1C. The van der Waals surface area contributed by atoms with Crippen LogP contribution in [0.1, 0.15) is 28.2 Å². The number of anilines is 1. The lowest BCUT2D eigenvalue weighted by atomic mass is 9.96. The van der Waals surface area contributed by atoms with E-state index in [4.69, 9.17) is 0 Å². The average Bonchev–Trinajstić information content (AvgIpc) is 2.90. The molecule has 0 aliphatic carbocycles. The van der Waals surface area contributed by atoms with Gasteiger partial charge in [0.1, 0.15) is 5.37 Å². The predicted octanol–water partition coefficient (Wildman–Crippen LogP) is 5.28. The zero-order valence-corrected chi connectivity index (χ0v) is 13.9. The standard InChI is InChI=1S/C20H17NOS/c1-13(22)15-12-11-14-7-3-4-8-16(14)19(15)20-21(2)17-9-5-6-10-18(17)23-20/h3-12,20H,1-2H3. The number of rotatable bonds is 2. The monoisotopic (exact) mass is 319 g/mol. The zero-order chi connectivity index (χ0) is 16.0. The maximum absolute atomic E-state index is 12.2. The van der Waals surface area contributed by atoms with Gasteiger partial charge in [-0.2, -0.15) is 0 Å². The fourth-order valence-electron chi connectivity index (χ4n) is 3.30. The lowest BCUT2D eigenvalue weighted by Crippen LogP contribution is -2.19. The summed E-state index contributed by atoms with van der Waals surface area (Å²) in [7, 11) is 2.11. The molecule has 114 valence electrons. The van der Waals surface area contributed by atoms with Crippen LogP contribution in [-0.4, -0.2) is 12.8 Å². The van der Waals surface area contributed by atoms with Gasteiger partial charge in [-0.15, -0.1) is 0 Å². The van der Waals surface area contributed by atoms with Crippen molar-refractivity contribution in [1.82, 2.24) is 0 Å². The Hall–Kier alpha value is -2.26. The largest absolute Gasteiger partial charge is 0.357 e. The van der Waals surface area contributed by atoms with Crippen molar-refractivity contribution < 1.29 is 4.79 Å². The van der Waals surface area contributed by atoms with Gasteiger partial charge in [0.15, 0.2) is 5.78 Å². The van der Waals surface area contributed by atoms with E-state index in [1.165, 1.54) is 16.0 Å². The van der Waals surface area contributed by atoms with E-state index in [-0.39, 0.29) is 11.2 Å².